The summed E-state index contributed by atoms with van der Waals surface area (Å²) in [5, 5.41) is 8.67. The number of ether oxygens (including phenoxy) is 1. The van der Waals surface area contributed by atoms with Gasteiger partial charge in [0.2, 0.25) is 0 Å². The summed E-state index contributed by atoms with van der Waals surface area (Å²) in [5.41, 5.74) is -0.805. The van der Waals surface area contributed by atoms with Crippen molar-refractivity contribution < 1.29 is 22.3 Å². The van der Waals surface area contributed by atoms with Gasteiger partial charge in [-0.05, 0) is 87.1 Å². The molecule has 31 heavy (non-hydrogen) atoms. The van der Waals surface area contributed by atoms with Gasteiger partial charge in [-0.2, -0.15) is 14.0 Å². The fourth-order valence-electron chi connectivity index (χ4n) is 4.15. The van der Waals surface area contributed by atoms with E-state index < -0.39 is 28.9 Å². The van der Waals surface area contributed by atoms with Crippen molar-refractivity contribution in [3.63, 3.8) is 0 Å². The van der Waals surface area contributed by atoms with E-state index in [1.807, 2.05) is 6.92 Å². The van der Waals surface area contributed by atoms with Gasteiger partial charge in [0, 0.05) is 0 Å². The van der Waals surface area contributed by atoms with E-state index in [9.17, 15) is 17.6 Å². The van der Waals surface area contributed by atoms with E-state index in [-0.39, 0.29) is 5.75 Å². The van der Waals surface area contributed by atoms with Crippen molar-refractivity contribution in [2.45, 2.75) is 57.5 Å². The highest BCUT2D eigenvalue weighted by Crippen LogP contribution is 2.39. The molecule has 1 fully saturated rings. The Balaban J connectivity index is 1.62. The van der Waals surface area contributed by atoms with Crippen molar-refractivity contribution in [2.24, 2.45) is 5.92 Å². The lowest BCUT2D eigenvalue weighted by atomic mass is 9.77. The molecule has 0 bridgehead atoms. The molecule has 0 radical (unpaired) electrons. The topological polar surface area (TPSA) is 33.0 Å². The number of nitriles is 1. The highest BCUT2D eigenvalue weighted by Gasteiger charge is 2.36. The lowest BCUT2D eigenvalue weighted by Gasteiger charge is -2.28. The second-order valence-corrected chi connectivity index (χ2v) is 7.98. The van der Waals surface area contributed by atoms with Crippen LogP contribution in [0.3, 0.4) is 0 Å². The number of alkyl halides is 2. The minimum Gasteiger partial charge on any atom is -0.429 e. The predicted molar refractivity (Wildman–Crippen MR) is 111 cm³/mol. The molecule has 1 aliphatic carbocycles. The molecule has 0 amide bonds. The summed E-state index contributed by atoms with van der Waals surface area (Å²) in [4.78, 5) is 0. The van der Waals surface area contributed by atoms with Crippen molar-refractivity contribution in [2.75, 3.05) is 0 Å². The molecular formula is C25H25F4NO. The van der Waals surface area contributed by atoms with Crippen molar-refractivity contribution in [3.05, 3.63) is 76.9 Å². The minimum absolute atomic E-state index is 0.0982. The third kappa shape index (κ3) is 5.66. The second-order valence-electron chi connectivity index (χ2n) is 7.98. The number of hydrogen-bond acceptors (Lipinski definition) is 2. The van der Waals surface area contributed by atoms with Crippen LogP contribution in [0.25, 0.3) is 0 Å². The summed E-state index contributed by atoms with van der Waals surface area (Å²) in [6.45, 7) is 2.03. The Labute approximate surface area is 180 Å². The highest BCUT2D eigenvalue weighted by molar-refractivity contribution is 5.37. The summed E-state index contributed by atoms with van der Waals surface area (Å²) in [6.07, 6.45) is 7.11. The Hall–Kier alpha value is -2.81. The maximum atomic E-state index is 14.4. The van der Waals surface area contributed by atoms with Crippen LogP contribution >= 0.6 is 0 Å². The molecule has 164 valence electrons. The van der Waals surface area contributed by atoms with E-state index in [2.05, 4.69) is 12.2 Å². The number of halogens is 4. The number of rotatable bonds is 7. The van der Waals surface area contributed by atoms with Gasteiger partial charge in [0.15, 0.2) is 0 Å². The van der Waals surface area contributed by atoms with E-state index in [1.165, 1.54) is 24.6 Å². The van der Waals surface area contributed by atoms with Crippen molar-refractivity contribution in [1.82, 2.24) is 0 Å². The predicted octanol–water partition coefficient (Wildman–Crippen LogP) is 7.59. The Bertz CT molecular complexity index is 931. The molecule has 6 heteroatoms. The van der Waals surface area contributed by atoms with Crippen LogP contribution in [0.2, 0.25) is 0 Å². The van der Waals surface area contributed by atoms with Crippen LogP contribution in [0.4, 0.5) is 17.6 Å². The molecule has 2 aromatic rings. The molecule has 0 aromatic heterocycles. The zero-order valence-corrected chi connectivity index (χ0v) is 17.4. The molecule has 0 aliphatic heterocycles. The molecule has 0 N–H and O–H groups in total. The largest absolute Gasteiger partial charge is 0.429 e. The molecule has 2 aromatic carbocycles. The zero-order chi connectivity index (χ0) is 22.4. The summed E-state index contributed by atoms with van der Waals surface area (Å²) in [7, 11) is 0. The fourth-order valence-corrected chi connectivity index (χ4v) is 4.15. The SMILES string of the molecule is C/C=C/CCC1CCC(c2ccc(OC(F)(F)c3cc(F)c(C#N)c(F)c3)cc2)CC1. The first-order valence-electron chi connectivity index (χ1n) is 10.5. The van der Waals surface area contributed by atoms with Crippen LogP contribution in [-0.4, -0.2) is 0 Å². The molecular weight excluding hydrogens is 406 g/mol. The molecule has 0 spiro atoms. The van der Waals surface area contributed by atoms with Gasteiger partial charge in [-0.15, -0.1) is 0 Å². The first-order chi connectivity index (χ1) is 14.8. The smallest absolute Gasteiger partial charge is 0.426 e. The van der Waals surface area contributed by atoms with E-state index in [4.69, 9.17) is 10.00 Å². The van der Waals surface area contributed by atoms with Crippen molar-refractivity contribution in [1.29, 1.82) is 5.26 Å². The Morgan fingerprint density at radius 3 is 2.23 bits per heavy atom. The van der Waals surface area contributed by atoms with Gasteiger partial charge < -0.3 is 4.74 Å². The molecule has 0 saturated heterocycles. The number of nitrogens with zero attached hydrogens (tertiary/aromatic N) is 1. The summed E-state index contributed by atoms with van der Waals surface area (Å²) in [6, 6.07) is 8.61. The van der Waals surface area contributed by atoms with Crippen molar-refractivity contribution >= 4 is 0 Å². The molecule has 0 atom stereocenters. The molecule has 1 aliphatic rings. The summed E-state index contributed by atoms with van der Waals surface area (Å²) < 4.78 is 61.0. The van der Waals surface area contributed by atoms with E-state index in [0.717, 1.165) is 43.6 Å². The van der Waals surface area contributed by atoms with Crippen LogP contribution in [-0.2, 0) is 6.11 Å². The van der Waals surface area contributed by atoms with E-state index in [1.54, 1.807) is 12.1 Å². The van der Waals surface area contributed by atoms with E-state index >= 15 is 0 Å². The Morgan fingerprint density at radius 2 is 1.68 bits per heavy atom. The third-order valence-corrected chi connectivity index (χ3v) is 5.91. The summed E-state index contributed by atoms with van der Waals surface area (Å²) >= 11 is 0. The normalized spacial score (nSPS) is 19.4. The fraction of sp³-hybridized carbons (Fsp3) is 0.400. The van der Waals surface area contributed by atoms with Crippen LogP contribution in [0.5, 0.6) is 5.75 Å². The lowest BCUT2D eigenvalue weighted by Crippen LogP contribution is -2.22. The van der Waals surface area contributed by atoms with Gasteiger partial charge >= 0.3 is 6.11 Å². The van der Waals surface area contributed by atoms with Crippen molar-refractivity contribution in [3.8, 4) is 11.8 Å². The van der Waals surface area contributed by atoms with Crippen LogP contribution in [0.15, 0.2) is 48.6 Å². The first-order valence-corrected chi connectivity index (χ1v) is 10.5. The zero-order valence-electron chi connectivity index (χ0n) is 17.4. The average molecular weight is 431 g/mol. The van der Waals surface area contributed by atoms with Gasteiger partial charge in [-0.3, -0.25) is 0 Å². The van der Waals surface area contributed by atoms with Gasteiger partial charge in [0.1, 0.15) is 29.0 Å². The highest BCUT2D eigenvalue weighted by atomic mass is 19.3. The number of hydrogen-bond donors (Lipinski definition) is 0. The third-order valence-electron chi connectivity index (χ3n) is 5.91. The summed E-state index contributed by atoms with van der Waals surface area (Å²) in [5.74, 6) is -1.66. The van der Waals surface area contributed by atoms with E-state index in [0.29, 0.717) is 18.1 Å². The molecule has 0 heterocycles. The standard InChI is InChI=1S/C25H25F4NO/c1-2-3-4-5-17-6-8-18(9-7-17)19-10-12-21(13-11-19)31-25(28,29)20-14-23(26)22(16-30)24(27)15-20/h2-3,10-15,17-18H,4-9H2,1H3/b3-2+. The van der Waals surface area contributed by atoms with Crippen LogP contribution < -0.4 is 4.74 Å². The maximum absolute atomic E-state index is 14.4. The van der Waals surface area contributed by atoms with Crippen LogP contribution in [0.1, 0.15) is 68.1 Å². The van der Waals surface area contributed by atoms with Gasteiger partial charge in [-0.1, -0.05) is 24.3 Å². The minimum atomic E-state index is -3.94. The average Bonchev–Trinajstić information content (AvgIpc) is 2.74. The van der Waals surface area contributed by atoms with Gasteiger partial charge in [0.25, 0.3) is 0 Å². The van der Waals surface area contributed by atoms with Gasteiger partial charge in [-0.25, -0.2) is 8.78 Å². The van der Waals surface area contributed by atoms with Gasteiger partial charge in [0.05, 0.1) is 5.56 Å². The lowest BCUT2D eigenvalue weighted by molar-refractivity contribution is -0.185. The first kappa shape index (κ1) is 22.9. The monoisotopic (exact) mass is 431 g/mol. The Kier molecular flexibility index (Phi) is 7.37. The molecule has 2 nitrogen and oxygen atoms in total. The maximum Gasteiger partial charge on any atom is 0.426 e. The molecule has 3 rings (SSSR count). The number of allylic oxidation sites excluding steroid dienone is 2. The number of benzene rings is 2. The Morgan fingerprint density at radius 1 is 1.06 bits per heavy atom. The molecule has 0 unspecified atom stereocenters. The second kappa shape index (κ2) is 10.00. The molecule has 1 saturated carbocycles. The van der Waals surface area contributed by atoms with Crippen LogP contribution in [0, 0.1) is 28.9 Å². The quantitative estimate of drug-likeness (QED) is 0.334.